The van der Waals surface area contributed by atoms with Gasteiger partial charge in [-0.15, -0.1) is 9.78 Å². The van der Waals surface area contributed by atoms with E-state index in [1.807, 2.05) is 24.3 Å². The summed E-state index contributed by atoms with van der Waals surface area (Å²) in [6.07, 6.45) is 10.1. The van der Waals surface area contributed by atoms with Gasteiger partial charge in [-0.1, -0.05) is 124 Å². The highest BCUT2D eigenvalue weighted by molar-refractivity contribution is 5.89. The first-order valence-electron chi connectivity index (χ1n) is 14.6. The van der Waals surface area contributed by atoms with Gasteiger partial charge in [-0.25, -0.2) is 9.59 Å². The summed E-state index contributed by atoms with van der Waals surface area (Å²) in [5.41, 5.74) is 2.84. The summed E-state index contributed by atoms with van der Waals surface area (Å²) in [5, 5.41) is 0. The second-order valence-electron chi connectivity index (χ2n) is 12.4. The first kappa shape index (κ1) is 33.5. The first-order chi connectivity index (χ1) is 18.9. The Bertz CT molecular complexity index is 939. The van der Waals surface area contributed by atoms with E-state index in [1.165, 1.54) is 25.7 Å². The standard InChI is InChI=1S/C34H48O6/c1-8-9-10-11-12-13-14-15-16-17-30(37-39-31(35)26-18-22-28(23-19-26)33(2,3)4)38-40-32(36)27-20-24-29(25-21-27)34(5,6)7/h18-25H,1,8-17H2,2-7H3. The number of carbonyl (C=O) groups is 2. The minimum atomic E-state index is -0.659. The first-order valence-corrected chi connectivity index (χ1v) is 14.6. The third-order valence-electron chi connectivity index (χ3n) is 6.77. The van der Waals surface area contributed by atoms with E-state index in [9.17, 15) is 9.59 Å². The van der Waals surface area contributed by atoms with Crippen LogP contribution in [0.3, 0.4) is 0 Å². The summed E-state index contributed by atoms with van der Waals surface area (Å²) in [7, 11) is 0. The van der Waals surface area contributed by atoms with Gasteiger partial charge in [0.1, 0.15) is 0 Å². The molecule has 0 saturated carbocycles. The van der Waals surface area contributed by atoms with Crippen LogP contribution in [0.25, 0.3) is 0 Å². The lowest BCUT2D eigenvalue weighted by molar-refractivity contribution is -0.363. The Morgan fingerprint density at radius 2 is 0.900 bits per heavy atom. The van der Waals surface area contributed by atoms with Crippen molar-refractivity contribution in [2.24, 2.45) is 0 Å². The van der Waals surface area contributed by atoms with E-state index in [0.717, 1.165) is 43.2 Å². The van der Waals surface area contributed by atoms with Crippen LogP contribution in [0.15, 0.2) is 48.5 Å². The molecule has 0 spiro atoms. The zero-order valence-electron chi connectivity index (χ0n) is 25.3. The molecular weight excluding hydrogens is 504 g/mol. The largest absolute Gasteiger partial charge is 0.373 e. The maximum atomic E-state index is 12.6. The highest BCUT2D eigenvalue weighted by Gasteiger charge is 2.22. The lowest BCUT2D eigenvalue weighted by Crippen LogP contribution is -2.17. The summed E-state index contributed by atoms with van der Waals surface area (Å²) < 4.78 is 0. The fourth-order valence-electron chi connectivity index (χ4n) is 4.08. The second kappa shape index (κ2) is 16.5. The van der Waals surface area contributed by atoms with E-state index >= 15 is 0 Å². The number of hydrogen-bond acceptors (Lipinski definition) is 6. The van der Waals surface area contributed by atoms with Crippen LogP contribution in [-0.4, -0.2) is 11.9 Å². The molecule has 0 saturated heterocycles. The van der Waals surface area contributed by atoms with E-state index in [1.54, 1.807) is 24.3 Å². The minimum Gasteiger partial charge on any atom is -0.289 e. The molecule has 2 rings (SSSR count). The molecule has 0 atom stereocenters. The van der Waals surface area contributed by atoms with E-state index in [4.69, 9.17) is 19.6 Å². The van der Waals surface area contributed by atoms with Gasteiger partial charge in [0.2, 0.25) is 0 Å². The molecule has 0 bridgehead atoms. The van der Waals surface area contributed by atoms with Gasteiger partial charge in [-0.05, 0) is 52.6 Å². The third-order valence-corrected chi connectivity index (χ3v) is 6.77. The summed E-state index contributed by atoms with van der Waals surface area (Å²) in [4.78, 5) is 45.7. The smallest absolute Gasteiger partial charge is 0.289 e. The number of unbranched alkanes of at least 4 members (excludes halogenated alkanes) is 8. The lowest BCUT2D eigenvalue weighted by atomic mass is 9.87. The van der Waals surface area contributed by atoms with Gasteiger partial charge >= 0.3 is 18.2 Å². The van der Waals surface area contributed by atoms with Crippen LogP contribution in [-0.2, 0) is 30.4 Å². The molecular formula is C34H48O6. The molecule has 6 nitrogen and oxygen atoms in total. The Morgan fingerprint density at radius 3 is 1.25 bits per heavy atom. The third kappa shape index (κ3) is 12.2. The second-order valence-corrected chi connectivity index (χ2v) is 12.4. The highest BCUT2D eigenvalue weighted by Crippen LogP contribution is 2.25. The van der Waals surface area contributed by atoms with Crippen molar-refractivity contribution in [1.29, 1.82) is 0 Å². The van der Waals surface area contributed by atoms with Crippen LogP contribution in [0.1, 0.15) is 138 Å². The summed E-state index contributed by atoms with van der Waals surface area (Å²) >= 11 is 0. The van der Waals surface area contributed by atoms with Gasteiger partial charge < -0.3 is 0 Å². The molecule has 220 valence electrons. The molecule has 0 fully saturated rings. The molecule has 2 radical (unpaired) electrons. The van der Waals surface area contributed by atoms with Gasteiger partial charge in [-0.3, -0.25) is 9.78 Å². The predicted molar refractivity (Wildman–Crippen MR) is 158 cm³/mol. The van der Waals surface area contributed by atoms with Crippen LogP contribution >= 0.6 is 0 Å². The maximum absolute atomic E-state index is 12.6. The van der Waals surface area contributed by atoms with Crippen molar-refractivity contribution in [2.75, 3.05) is 0 Å². The van der Waals surface area contributed by atoms with E-state index < -0.39 is 11.9 Å². The maximum Gasteiger partial charge on any atom is 0.373 e. The minimum absolute atomic E-state index is 0.0301. The van der Waals surface area contributed by atoms with Crippen molar-refractivity contribution in [2.45, 2.75) is 117 Å². The normalized spacial score (nSPS) is 12.0. The van der Waals surface area contributed by atoms with Crippen molar-refractivity contribution in [1.82, 2.24) is 0 Å². The van der Waals surface area contributed by atoms with Crippen molar-refractivity contribution in [3.63, 3.8) is 0 Å². The number of hydrogen-bond donors (Lipinski definition) is 0. The predicted octanol–water partition coefficient (Wildman–Crippen LogP) is 9.38. The average Bonchev–Trinajstić information content (AvgIpc) is 2.92. The average molecular weight is 553 g/mol. The molecule has 0 amide bonds. The molecule has 0 aliphatic carbocycles. The van der Waals surface area contributed by atoms with Crippen LogP contribution in [0, 0.1) is 13.2 Å². The Labute approximate surface area is 241 Å². The summed E-state index contributed by atoms with van der Waals surface area (Å²) in [6.45, 7) is 16.5. The molecule has 6 heteroatoms. The van der Waals surface area contributed by atoms with Crippen molar-refractivity contribution < 1.29 is 29.1 Å². The van der Waals surface area contributed by atoms with Gasteiger partial charge in [0.25, 0.3) is 0 Å². The fourth-order valence-corrected chi connectivity index (χ4v) is 4.08. The molecule has 0 aliphatic rings. The molecule has 0 aromatic heterocycles. The van der Waals surface area contributed by atoms with Crippen LogP contribution in [0.4, 0.5) is 0 Å². The van der Waals surface area contributed by atoms with Gasteiger partial charge in [0.05, 0.1) is 11.1 Å². The van der Waals surface area contributed by atoms with Crippen molar-refractivity contribution >= 4 is 11.9 Å². The zero-order valence-corrected chi connectivity index (χ0v) is 25.3. The van der Waals surface area contributed by atoms with Crippen molar-refractivity contribution in [3.05, 3.63) is 84.0 Å². The quantitative estimate of drug-likeness (QED) is 0.117. The van der Waals surface area contributed by atoms with Gasteiger partial charge in [-0.2, -0.15) is 0 Å². The Hall–Kier alpha value is -2.70. The highest BCUT2D eigenvalue weighted by atomic mass is 17.3. The van der Waals surface area contributed by atoms with E-state index in [-0.39, 0.29) is 17.1 Å². The SMILES string of the molecule is [CH2]CCCCCCCCCC[C](OOC(=O)c1ccc(C(C)(C)C)cc1)OOC(=O)c1ccc(C(C)(C)C)cc1. The molecule has 40 heavy (non-hydrogen) atoms. The molecule has 0 heterocycles. The van der Waals surface area contributed by atoms with Crippen LogP contribution in [0.5, 0.6) is 0 Å². The zero-order chi connectivity index (χ0) is 29.6. The van der Waals surface area contributed by atoms with Crippen LogP contribution in [0.2, 0.25) is 0 Å². The summed E-state index contributed by atoms with van der Waals surface area (Å²) in [6, 6.07) is 14.4. The monoisotopic (exact) mass is 552 g/mol. The van der Waals surface area contributed by atoms with Gasteiger partial charge in [0.15, 0.2) is 0 Å². The summed E-state index contributed by atoms with van der Waals surface area (Å²) in [5.74, 6) is -1.32. The molecule has 0 N–H and O–H groups in total. The number of rotatable bonds is 16. The Balaban J connectivity index is 1.91. The molecule has 2 aromatic rings. The van der Waals surface area contributed by atoms with Crippen LogP contribution < -0.4 is 0 Å². The Morgan fingerprint density at radius 1 is 0.550 bits per heavy atom. The Kier molecular flexibility index (Phi) is 13.9. The van der Waals surface area contributed by atoms with Gasteiger partial charge in [0, 0.05) is 6.42 Å². The molecule has 2 aromatic carbocycles. The molecule has 0 unspecified atom stereocenters. The lowest BCUT2D eigenvalue weighted by Gasteiger charge is -2.19. The number of benzene rings is 2. The van der Waals surface area contributed by atoms with E-state index in [0.29, 0.717) is 17.5 Å². The van der Waals surface area contributed by atoms with Crippen molar-refractivity contribution in [3.8, 4) is 0 Å². The number of carbonyl (C=O) groups excluding carboxylic acids is 2. The van der Waals surface area contributed by atoms with E-state index in [2.05, 4.69) is 48.5 Å². The fraction of sp³-hybridized carbons (Fsp3) is 0.529. The topological polar surface area (TPSA) is 71.1 Å². The molecule has 0 aliphatic heterocycles.